The Bertz CT molecular complexity index is 498. The van der Waals surface area contributed by atoms with Gasteiger partial charge in [-0.1, -0.05) is 0 Å². The highest BCUT2D eigenvalue weighted by atomic mass is 16.5. The van der Waals surface area contributed by atoms with Gasteiger partial charge in [0.2, 0.25) is 11.8 Å². The van der Waals surface area contributed by atoms with E-state index in [4.69, 9.17) is 4.74 Å². The quantitative estimate of drug-likeness (QED) is 0.781. The Morgan fingerprint density at radius 2 is 2.35 bits per heavy atom. The molecule has 1 amide bonds. The molecule has 0 bridgehead atoms. The van der Waals surface area contributed by atoms with Crippen LogP contribution in [0, 0.1) is 0 Å². The lowest BCUT2D eigenvalue weighted by atomic mass is 10.5. The fourth-order valence-corrected chi connectivity index (χ4v) is 1.16. The van der Waals surface area contributed by atoms with Gasteiger partial charge >= 0.3 is 0 Å². The van der Waals surface area contributed by atoms with Gasteiger partial charge in [0.25, 0.3) is 0 Å². The maximum absolute atomic E-state index is 11.6. The molecule has 0 unspecified atom stereocenters. The Hall–Kier alpha value is -2.51. The first-order valence-electron chi connectivity index (χ1n) is 4.76. The van der Waals surface area contributed by atoms with Crippen molar-refractivity contribution in [1.82, 2.24) is 24.7 Å². The van der Waals surface area contributed by atoms with Crippen molar-refractivity contribution < 1.29 is 9.53 Å². The highest BCUT2D eigenvalue weighted by molar-refractivity contribution is 5.89. The molecule has 2 rings (SSSR count). The van der Waals surface area contributed by atoms with Crippen LogP contribution in [0.4, 0.5) is 5.82 Å². The lowest BCUT2D eigenvalue weighted by molar-refractivity contribution is -0.116. The summed E-state index contributed by atoms with van der Waals surface area (Å²) in [6.45, 7) is 0.0757. The monoisotopic (exact) mass is 234 g/mol. The molecule has 0 spiro atoms. The van der Waals surface area contributed by atoms with E-state index in [1.165, 1.54) is 36.8 Å². The fourth-order valence-electron chi connectivity index (χ4n) is 1.16. The smallest absolute Gasteiger partial charge is 0.247 e. The molecular formula is C9H10N6O2. The van der Waals surface area contributed by atoms with Gasteiger partial charge in [0.15, 0.2) is 0 Å². The lowest BCUT2D eigenvalue weighted by Crippen LogP contribution is -2.19. The molecule has 0 radical (unpaired) electrons. The van der Waals surface area contributed by atoms with Crippen LogP contribution in [0.5, 0.6) is 5.88 Å². The Labute approximate surface area is 96.7 Å². The van der Waals surface area contributed by atoms with Crippen molar-refractivity contribution >= 4 is 11.7 Å². The molecule has 2 heterocycles. The Balaban J connectivity index is 1.98. The average Bonchev–Trinajstić information content (AvgIpc) is 2.82. The first kappa shape index (κ1) is 11.0. The summed E-state index contributed by atoms with van der Waals surface area (Å²) in [6, 6.07) is 1.53. The summed E-state index contributed by atoms with van der Waals surface area (Å²) < 4.78 is 6.32. The number of amides is 1. The number of anilines is 1. The van der Waals surface area contributed by atoms with Crippen LogP contribution in [-0.4, -0.2) is 37.7 Å². The van der Waals surface area contributed by atoms with E-state index in [-0.39, 0.29) is 12.5 Å². The third-order valence-corrected chi connectivity index (χ3v) is 1.89. The maximum atomic E-state index is 11.6. The van der Waals surface area contributed by atoms with Crippen molar-refractivity contribution in [2.45, 2.75) is 6.54 Å². The lowest BCUT2D eigenvalue weighted by Gasteiger charge is -2.04. The molecule has 8 nitrogen and oxygen atoms in total. The number of nitrogens with zero attached hydrogens (tertiary/aromatic N) is 5. The second-order valence-electron chi connectivity index (χ2n) is 3.09. The first-order chi connectivity index (χ1) is 8.28. The molecule has 0 aliphatic rings. The van der Waals surface area contributed by atoms with Crippen LogP contribution in [0.15, 0.2) is 25.0 Å². The molecule has 0 aliphatic carbocycles. The maximum Gasteiger partial charge on any atom is 0.247 e. The van der Waals surface area contributed by atoms with E-state index in [0.29, 0.717) is 11.7 Å². The van der Waals surface area contributed by atoms with E-state index >= 15 is 0 Å². The predicted octanol–water partition coefficient (Wildman–Crippen LogP) is -0.285. The average molecular weight is 234 g/mol. The number of hydrogen-bond donors (Lipinski definition) is 1. The number of ether oxygens (including phenoxy) is 1. The van der Waals surface area contributed by atoms with Crippen molar-refractivity contribution in [3.8, 4) is 5.88 Å². The largest absolute Gasteiger partial charge is 0.481 e. The van der Waals surface area contributed by atoms with E-state index in [2.05, 4.69) is 25.4 Å². The van der Waals surface area contributed by atoms with Gasteiger partial charge in [0, 0.05) is 6.07 Å². The summed E-state index contributed by atoms with van der Waals surface area (Å²) >= 11 is 0. The summed E-state index contributed by atoms with van der Waals surface area (Å²) in [5.41, 5.74) is 0. The van der Waals surface area contributed by atoms with Crippen LogP contribution < -0.4 is 10.1 Å². The standard InChI is InChI=1S/C9H10N6O2/c1-17-9-2-7(11-5-12-9)14-8(16)3-15-6-10-4-13-15/h2,4-6H,3H2,1H3,(H,11,12,14,16). The zero-order chi connectivity index (χ0) is 12.1. The summed E-state index contributed by atoms with van der Waals surface area (Å²) in [5, 5.41) is 6.42. The SMILES string of the molecule is COc1cc(NC(=O)Cn2cncn2)ncn1. The second kappa shape index (κ2) is 5.01. The normalized spacial score (nSPS) is 9.94. The molecule has 2 aromatic heterocycles. The van der Waals surface area contributed by atoms with E-state index in [1.807, 2.05) is 0 Å². The molecular weight excluding hydrogens is 224 g/mol. The minimum atomic E-state index is -0.253. The minimum Gasteiger partial charge on any atom is -0.481 e. The predicted molar refractivity (Wildman–Crippen MR) is 57.2 cm³/mol. The molecule has 2 aromatic rings. The Kier molecular flexibility index (Phi) is 3.24. The van der Waals surface area contributed by atoms with Gasteiger partial charge in [-0.05, 0) is 0 Å². The van der Waals surface area contributed by atoms with Crippen molar-refractivity contribution in [3.63, 3.8) is 0 Å². The van der Waals surface area contributed by atoms with Crippen LogP contribution in [0.2, 0.25) is 0 Å². The van der Waals surface area contributed by atoms with Gasteiger partial charge in [-0.25, -0.2) is 19.6 Å². The van der Waals surface area contributed by atoms with Crippen LogP contribution >= 0.6 is 0 Å². The van der Waals surface area contributed by atoms with Crippen LogP contribution in [-0.2, 0) is 11.3 Å². The number of aromatic nitrogens is 5. The number of nitrogens with one attached hydrogen (secondary N) is 1. The molecule has 8 heteroatoms. The van der Waals surface area contributed by atoms with Gasteiger partial charge in [0.1, 0.15) is 31.3 Å². The van der Waals surface area contributed by atoms with E-state index in [1.54, 1.807) is 0 Å². The van der Waals surface area contributed by atoms with Gasteiger partial charge in [0.05, 0.1) is 7.11 Å². The van der Waals surface area contributed by atoms with E-state index in [9.17, 15) is 4.79 Å². The highest BCUT2D eigenvalue weighted by Gasteiger charge is 2.05. The van der Waals surface area contributed by atoms with Crippen molar-refractivity contribution in [1.29, 1.82) is 0 Å². The zero-order valence-corrected chi connectivity index (χ0v) is 9.07. The number of rotatable bonds is 4. The molecule has 0 fully saturated rings. The summed E-state index contributed by atoms with van der Waals surface area (Å²) in [6.07, 6.45) is 4.13. The third kappa shape index (κ3) is 2.97. The molecule has 0 aromatic carbocycles. The van der Waals surface area contributed by atoms with Crippen molar-refractivity contribution in [2.24, 2.45) is 0 Å². The number of carbonyl (C=O) groups excluding carboxylic acids is 1. The van der Waals surface area contributed by atoms with E-state index < -0.39 is 0 Å². The summed E-state index contributed by atoms with van der Waals surface area (Å²) in [4.78, 5) is 23.0. The Morgan fingerprint density at radius 3 is 3.06 bits per heavy atom. The number of methoxy groups -OCH3 is 1. The summed E-state index contributed by atoms with van der Waals surface area (Å²) in [7, 11) is 1.49. The van der Waals surface area contributed by atoms with E-state index in [0.717, 1.165) is 0 Å². The highest BCUT2D eigenvalue weighted by Crippen LogP contribution is 2.09. The van der Waals surface area contributed by atoms with Gasteiger partial charge in [-0.15, -0.1) is 0 Å². The van der Waals surface area contributed by atoms with Crippen LogP contribution in [0.3, 0.4) is 0 Å². The van der Waals surface area contributed by atoms with Crippen molar-refractivity contribution in [3.05, 3.63) is 25.0 Å². The van der Waals surface area contributed by atoms with Crippen molar-refractivity contribution in [2.75, 3.05) is 12.4 Å². The van der Waals surface area contributed by atoms with Gasteiger partial charge in [-0.3, -0.25) is 4.79 Å². The number of hydrogen-bond acceptors (Lipinski definition) is 6. The van der Waals surface area contributed by atoms with Gasteiger partial charge < -0.3 is 10.1 Å². The molecule has 88 valence electrons. The second-order valence-corrected chi connectivity index (χ2v) is 3.09. The molecule has 0 saturated carbocycles. The van der Waals surface area contributed by atoms with Crippen LogP contribution in [0.25, 0.3) is 0 Å². The van der Waals surface area contributed by atoms with Gasteiger partial charge in [-0.2, -0.15) is 5.10 Å². The first-order valence-corrected chi connectivity index (χ1v) is 4.76. The zero-order valence-electron chi connectivity index (χ0n) is 9.07. The topological polar surface area (TPSA) is 94.8 Å². The minimum absolute atomic E-state index is 0.0757. The molecule has 1 N–H and O–H groups in total. The molecule has 0 aliphatic heterocycles. The molecule has 0 saturated heterocycles. The number of carbonyl (C=O) groups is 1. The fraction of sp³-hybridized carbons (Fsp3) is 0.222. The summed E-state index contributed by atoms with van der Waals surface area (Å²) in [5.74, 6) is 0.509. The molecule has 0 atom stereocenters. The third-order valence-electron chi connectivity index (χ3n) is 1.89. The Morgan fingerprint density at radius 1 is 1.47 bits per heavy atom. The molecule has 17 heavy (non-hydrogen) atoms. The van der Waals surface area contributed by atoms with Crippen LogP contribution in [0.1, 0.15) is 0 Å².